The van der Waals surface area contributed by atoms with Crippen molar-refractivity contribution in [1.82, 2.24) is 0 Å². The fourth-order valence-electron chi connectivity index (χ4n) is 2.31. The van der Waals surface area contributed by atoms with Gasteiger partial charge in [0.05, 0.1) is 11.8 Å². The second kappa shape index (κ2) is 6.62. The average Bonchev–Trinajstić information content (AvgIpc) is 2.77. The van der Waals surface area contributed by atoms with Crippen molar-refractivity contribution < 1.29 is 13.2 Å². The molecular formula is C15H18ClNO3S. The van der Waals surface area contributed by atoms with Gasteiger partial charge in [-0.3, -0.25) is 4.79 Å². The van der Waals surface area contributed by atoms with E-state index in [1.54, 1.807) is 35.2 Å². The van der Waals surface area contributed by atoms with Crippen LogP contribution < -0.4 is 4.90 Å². The van der Waals surface area contributed by atoms with Crippen LogP contribution in [0.1, 0.15) is 26.2 Å². The van der Waals surface area contributed by atoms with E-state index in [1.807, 2.05) is 6.92 Å². The molecule has 1 amide bonds. The van der Waals surface area contributed by atoms with Gasteiger partial charge in [-0.15, -0.1) is 0 Å². The quantitative estimate of drug-likeness (QED) is 0.834. The number of rotatable bonds is 5. The Morgan fingerprint density at radius 1 is 1.43 bits per heavy atom. The Bertz CT molecular complexity index is 655. The van der Waals surface area contributed by atoms with Crippen molar-refractivity contribution >= 4 is 33.0 Å². The van der Waals surface area contributed by atoms with Gasteiger partial charge in [0, 0.05) is 22.5 Å². The van der Waals surface area contributed by atoms with Crippen LogP contribution in [-0.4, -0.2) is 26.1 Å². The molecule has 21 heavy (non-hydrogen) atoms. The average molecular weight is 328 g/mol. The maximum Gasteiger partial charge on any atom is 0.227 e. The van der Waals surface area contributed by atoms with Gasteiger partial charge in [0.1, 0.15) is 0 Å². The Balaban J connectivity index is 2.31. The molecule has 1 aliphatic rings. The Hall–Kier alpha value is -1.33. The molecule has 0 spiro atoms. The number of anilines is 1. The zero-order valence-corrected chi connectivity index (χ0v) is 13.4. The van der Waals surface area contributed by atoms with E-state index in [0.29, 0.717) is 17.1 Å². The summed E-state index contributed by atoms with van der Waals surface area (Å²) in [5.41, 5.74) is 0.635. The number of carbonyl (C=O) groups excluding carboxylic acids is 1. The van der Waals surface area contributed by atoms with Crippen LogP contribution >= 0.6 is 11.6 Å². The van der Waals surface area contributed by atoms with Gasteiger partial charge in [0.15, 0.2) is 9.84 Å². The lowest BCUT2D eigenvalue weighted by Gasteiger charge is -2.28. The molecular weight excluding hydrogens is 310 g/mol. The fraction of sp³-hybridized carbons (Fsp3) is 0.400. The fourth-order valence-corrected chi connectivity index (χ4v) is 3.77. The monoisotopic (exact) mass is 327 g/mol. The Labute approximate surface area is 130 Å². The van der Waals surface area contributed by atoms with E-state index in [9.17, 15) is 13.2 Å². The molecule has 6 heteroatoms. The first-order valence-electron chi connectivity index (χ1n) is 6.91. The normalized spacial score (nSPS) is 19.6. The van der Waals surface area contributed by atoms with Gasteiger partial charge < -0.3 is 4.90 Å². The van der Waals surface area contributed by atoms with E-state index in [-0.39, 0.29) is 11.7 Å². The van der Waals surface area contributed by atoms with Crippen molar-refractivity contribution in [2.45, 2.75) is 32.2 Å². The summed E-state index contributed by atoms with van der Waals surface area (Å²) in [6, 6.07) is 6.47. The summed E-state index contributed by atoms with van der Waals surface area (Å²) in [5.74, 6) is -0.150. The predicted octanol–water partition coefficient (Wildman–Crippen LogP) is 3.17. The van der Waals surface area contributed by atoms with Crippen LogP contribution in [0.2, 0.25) is 5.02 Å². The number of nitrogens with zero attached hydrogens (tertiary/aromatic N) is 1. The van der Waals surface area contributed by atoms with Crippen LogP contribution in [0.25, 0.3) is 0 Å². The van der Waals surface area contributed by atoms with E-state index in [4.69, 9.17) is 11.6 Å². The number of sulfone groups is 1. The molecule has 0 saturated carbocycles. The number of hydrogen-bond acceptors (Lipinski definition) is 3. The van der Waals surface area contributed by atoms with E-state index in [2.05, 4.69) is 0 Å². The van der Waals surface area contributed by atoms with Crippen molar-refractivity contribution in [2.24, 2.45) is 0 Å². The van der Waals surface area contributed by atoms with Crippen LogP contribution in [0.4, 0.5) is 5.69 Å². The van der Waals surface area contributed by atoms with Crippen molar-refractivity contribution in [3.05, 3.63) is 40.8 Å². The van der Waals surface area contributed by atoms with Gasteiger partial charge in [-0.1, -0.05) is 31.0 Å². The van der Waals surface area contributed by atoms with Crippen LogP contribution in [-0.2, 0) is 14.6 Å². The summed E-state index contributed by atoms with van der Waals surface area (Å²) in [6.45, 7) is 2.01. The second-order valence-electron chi connectivity index (χ2n) is 5.07. The van der Waals surface area contributed by atoms with E-state index in [0.717, 1.165) is 12.8 Å². The minimum absolute atomic E-state index is 0.0720. The van der Waals surface area contributed by atoms with Gasteiger partial charge in [-0.25, -0.2) is 8.42 Å². The summed E-state index contributed by atoms with van der Waals surface area (Å²) in [4.78, 5) is 14.0. The molecule has 0 bridgehead atoms. The minimum Gasteiger partial charge on any atom is -0.304 e. The van der Waals surface area contributed by atoms with Gasteiger partial charge in [0.2, 0.25) is 5.91 Å². The number of benzene rings is 1. The highest BCUT2D eigenvalue weighted by Gasteiger charge is 2.31. The standard InChI is InChI=1S/C15H18ClNO3S/c1-2-3-7-15(18)17(13-6-4-5-12(16)10-13)14-8-9-21(19,20)11-14/h4-6,8-10,14H,2-3,7,11H2,1H3. The van der Waals surface area contributed by atoms with Gasteiger partial charge >= 0.3 is 0 Å². The number of unbranched alkanes of at least 4 members (excludes halogenated alkanes) is 1. The van der Waals surface area contributed by atoms with Crippen LogP contribution in [0.15, 0.2) is 35.7 Å². The third-order valence-corrected chi connectivity index (χ3v) is 4.96. The largest absolute Gasteiger partial charge is 0.304 e. The topological polar surface area (TPSA) is 54.5 Å². The van der Waals surface area contributed by atoms with E-state index in [1.165, 1.54) is 5.41 Å². The first-order chi connectivity index (χ1) is 9.93. The summed E-state index contributed by atoms with van der Waals surface area (Å²) in [5, 5.41) is 1.70. The van der Waals surface area contributed by atoms with E-state index >= 15 is 0 Å². The molecule has 0 saturated heterocycles. The maximum atomic E-state index is 12.5. The second-order valence-corrected chi connectivity index (χ2v) is 7.44. The lowest BCUT2D eigenvalue weighted by Crippen LogP contribution is -2.41. The highest BCUT2D eigenvalue weighted by molar-refractivity contribution is 7.94. The van der Waals surface area contributed by atoms with Gasteiger partial charge in [0.25, 0.3) is 0 Å². The van der Waals surface area contributed by atoms with Crippen molar-refractivity contribution in [3.8, 4) is 0 Å². The molecule has 114 valence electrons. The molecule has 1 heterocycles. The third kappa shape index (κ3) is 4.08. The Kier molecular flexibility index (Phi) is 5.06. The number of carbonyl (C=O) groups is 1. The summed E-state index contributed by atoms with van der Waals surface area (Å²) >= 11 is 5.99. The van der Waals surface area contributed by atoms with Crippen molar-refractivity contribution in [3.63, 3.8) is 0 Å². The van der Waals surface area contributed by atoms with Gasteiger partial charge in [-0.2, -0.15) is 0 Å². The lowest BCUT2D eigenvalue weighted by molar-refractivity contribution is -0.118. The number of halogens is 1. The molecule has 1 aromatic rings. The zero-order chi connectivity index (χ0) is 15.5. The van der Waals surface area contributed by atoms with E-state index < -0.39 is 15.9 Å². The summed E-state index contributed by atoms with van der Waals surface area (Å²) in [6.07, 6.45) is 3.65. The highest BCUT2D eigenvalue weighted by atomic mass is 35.5. The number of hydrogen-bond donors (Lipinski definition) is 0. The van der Waals surface area contributed by atoms with Crippen LogP contribution in [0.3, 0.4) is 0 Å². The Morgan fingerprint density at radius 2 is 2.19 bits per heavy atom. The summed E-state index contributed by atoms with van der Waals surface area (Å²) in [7, 11) is -3.22. The molecule has 1 aromatic carbocycles. The molecule has 1 atom stereocenters. The predicted molar refractivity (Wildman–Crippen MR) is 85.2 cm³/mol. The smallest absolute Gasteiger partial charge is 0.227 e. The minimum atomic E-state index is -3.22. The van der Waals surface area contributed by atoms with Crippen molar-refractivity contribution in [1.29, 1.82) is 0 Å². The molecule has 0 aliphatic carbocycles. The molecule has 0 aromatic heterocycles. The molecule has 1 aliphatic heterocycles. The first kappa shape index (κ1) is 16.0. The van der Waals surface area contributed by atoms with Crippen molar-refractivity contribution in [2.75, 3.05) is 10.7 Å². The maximum absolute atomic E-state index is 12.5. The highest BCUT2D eigenvalue weighted by Crippen LogP contribution is 2.26. The SMILES string of the molecule is CCCCC(=O)N(c1cccc(Cl)c1)C1C=CS(=O)(=O)C1. The molecule has 2 rings (SSSR count). The molecule has 0 fully saturated rings. The van der Waals surface area contributed by atoms with Crippen LogP contribution in [0.5, 0.6) is 0 Å². The third-order valence-electron chi connectivity index (χ3n) is 3.34. The summed E-state index contributed by atoms with van der Waals surface area (Å²) < 4.78 is 23.3. The molecule has 4 nitrogen and oxygen atoms in total. The molecule has 0 N–H and O–H groups in total. The van der Waals surface area contributed by atoms with Crippen LogP contribution in [0, 0.1) is 0 Å². The Morgan fingerprint density at radius 3 is 2.76 bits per heavy atom. The zero-order valence-electron chi connectivity index (χ0n) is 11.8. The molecule has 0 radical (unpaired) electrons. The molecule has 1 unspecified atom stereocenters. The lowest BCUT2D eigenvalue weighted by atomic mass is 10.1. The number of amides is 1. The van der Waals surface area contributed by atoms with Gasteiger partial charge in [-0.05, 0) is 30.7 Å². The first-order valence-corrected chi connectivity index (χ1v) is 9.01.